The van der Waals surface area contributed by atoms with E-state index >= 15 is 0 Å². The molecule has 2 aromatic rings. The molecule has 4 N–H and O–H groups in total. The summed E-state index contributed by atoms with van der Waals surface area (Å²) >= 11 is 0. The number of hydroxylamine groups is 1. The minimum absolute atomic E-state index is 0.0710. The van der Waals surface area contributed by atoms with Crippen LogP contribution in [0.1, 0.15) is 25.5 Å². The van der Waals surface area contributed by atoms with Crippen LogP contribution in [0.5, 0.6) is 0 Å². The van der Waals surface area contributed by atoms with E-state index in [1.807, 2.05) is 0 Å². The molecule has 0 spiro atoms. The molecule has 1 atom stereocenters. The maximum atomic E-state index is 13.4. The molecular weight excluding hydrogens is 365 g/mol. The number of hydrogen-bond acceptors (Lipinski definition) is 4. The molecule has 0 fully saturated rings. The number of nitrogens with one attached hydrogen (secondary N) is 2. The van der Waals surface area contributed by atoms with E-state index in [2.05, 4.69) is 5.32 Å². The molecule has 0 bridgehead atoms. The molecule has 0 aliphatic carbocycles. The number of carbonyl (C=O) groups is 2. The Morgan fingerprint density at radius 2 is 1.52 bits per heavy atom. The summed E-state index contributed by atoms with van der Waals surface area (Å²) in [6.07, 6.45) is 0. The van der Waals surface area contributed by atoms with Gasteiger partial charge in [0.25, 0.3) is 11.8 Å². The summed E-state index contributed by atoms with van der Waals surface area (Å²) in [5.74, 6) is -6.08. The lowest BCUT2D eigenvalue weighted by Gasteiger charge is -2.22. The minimum atomic E-state index is -1.77. The van der Waals surface area contributed by atoms with Gasteiger partial charge in [-0.3, -0.25) is 14.8 Å². The van der Waals surface area contributed by atoms with Crippen molar-refractivity contribution in [1.29, 1.82) is 0 Å². The van der Waals surface area contributed by atoms with E-state index in [4.69, 9.17) is 5.21 Å². The predicted octanol–water partition coefficient (Wildman–Crippen LogP) is 2.20. The van der Waals surface area contributed by atoms with Gasteiger partial charge in [-0.25, -0.2) is 18.7 Å². The van der Waals surface area contributed by atoms with Gasteiger partial charge in [-0.1, -0.05) is 24.3 Å². The number of amides is 2. The number of benzene rings is 2. The van der Waals surface area contributed by atoms with Gasteiger partial charge in [-0.15, -0.1) is 0 Å². The maximum absolute atomic E-state index is 13.4. The Balaban J connectivity index is 2.35. The lowest BCUT2D eigenvalue weighted by Crippen LogP contribution is -2.47. The van der Waals surface area contributed by atoms with Gasteiger partial charge >= 0.3 is 0 Å². The molecule has 6 nitrogen and oxygen atoms in total. The van der Waals surface area contributed by atoms with Gasteiger partial charge in [-0.2, -0.15) is 0 Å². The van der Waals surface area contributed by atoms with E-state index < -0.39 is 40.9 Å². The minimum Gasteiger partial charge on any atom is -0.381 e. The summed E-state index contributed by atoms with van der Waals surface area (Å²) < 4.78 is 39.8. The highest BCUT2D eigenvalue weighted by Crippen LogP contribution is 2.25. The maximum Gasteiger partial charge on any atom is 0.270 e. The predicted molar refractivity (Wildman–Crippen MR) is 88.9 cm³/mol. The molecule has 2 aromatic carbocycles. The summed E-state index contributed by atoms with van der Waals surface area (Å²) in [7, 11) is 0. The molecule has 27 heavy (non-hydrogen) atoms. The van der Waals surface area contributed by atoms with Crippen LogP contribution in [0, 0.1) is 17.5 Å². The largest absolute Gasteiger partial charge is 0.381 e. The van der Waals surface area contributed by atoms with Gasteiger partial charge in [0.2, 0.25) is 0 Å². The molecule has 9 heteroatoms. The lowest BCUT2D eigenvalue weighted by atomic mass is 9.99. The van der Waals surface area contributed by atoms with Gasteiger partial charge in [0.1, 0.15) is 11.6 Å². The lowest BCUT2D eigenvalue weighted by molar-refractivity contribution is -0.141. The molecule has 0 aliphatic rings. The van der Waals surface area contributed by atoms with E-state index in [-0.39, 0.29) is 11.1 Å². The van der Waals surface area contributed by atoms with Crippen LogP contribution in [0.2, 0.25) is 0 Å². The molecule has 0 unspecified atom stereocenters. The van der Waals surface area contributed by atoms with Gasteiger partial charge in [0.15, 0.2) is 17.5 Å². The summed E-state index contributed by atoms with van der Waals surface area (Å²) in [6.45, 7) is 2.44. The van der Waals surface area contributed by atoms with Crippen molar-refractivity contribution in [2.45, 2.75) is 25.5 Å². The van der Waals surface area contributed by atoms with Crippen LogP contribution in [0.15, 0.2) is 36.4 Å². The first kappa shape index (κ1) is 20.4. The van der Waals surface area contributed by atoms with Gasteiger partial charge in [-0.05, 0) is 42.7 Å². The van der Waals surface area contributed by atoms with Crippen LogP contribution in [0.25, 0.3) is 11.1 Å². The highest BCUT2D eigenvalue weighted by molar-refractivity contribution is 5.91. The van der Waals surface area contributed by atoms with Gasteiger partial charge in [0.05, 0.1) is 0 Å². The summed E-state index contributed by atoms with van der Waals surface area (Å²) in [4.78, 5) is 23.8. The number of hydrogen-bond donors (Lipinski definition) is 4. The van der Waals surface area contributed by atoms with Crippen molar-refractivity contribution in [2.75, 3.05) is 0 Å². The van der Waals surface area contributed by atoms with E-state index in [0.29, 0.717) is 5.56 Å². The first-order valence-corrected chi connectivity index (χ1v) is 7.76. The van der Waals surface area contributed by atoms with Crippen molar-refractivity contribution >= 4 is 11.8 Å². The summed E-state index contributed by atoms with van der Waals surface area (Å²) in [6, 6.07) is 5.86. The quantitative estimate of drug-likeness (QED) is 0.362. The Hall–Kier alpha value is -2.91. The number of halogens is 3. The average molecular weight is 382 g/mol. The third-order valence-corrected chi connectivity index (χ3v) is 3.76. The highest BCUT2D eigenvalue weighted by Gasteiger charge is 2.30. The van der Waals surface area contributed by atoms with Crippen LogP contribution in [-0.2, 0) is 9.59 Å². The second-order valence-corrected chi connectivity index (χ2v) is 6.32. The fraction of sp³-hybridized carbons (Fsp3) is 0.222. The second-order valence-electron chi connectivity index (χ2n) is 6.32. The fourth-order valence-electron chi connectivity index (χ4n) is 2.26. The molecule has 0 aromatic heterocycles. The molecule has 2 amide bonds. The standard InChI is InChI=1S/C18H17F3N2O4/c1-18(2,26)17(25)22-15(16(24)23-27)10-5-3-9(4-6-10)11-7-12(19)14(21)13(20)8-11/h3-8,15,26-27H,1-2H3,(H,22,25)(H,23,24)/t15-/m1/s1. The van der Waals surface area contributed by atoms with Crippen molar-refractivity contribution in [1.82, 2.24) is 10.8 Å². The van der Waals surface area contributed by atoms with Crippen molar-refractivity contribution in [3.8, 4) is 11.1 Å². The smallest absolute Gasteiger partial charge is 0.270 e. The van der Waals surface area contributed by atoms with Crippen molar-refractivity contribution in [3.63, 3.8) is 0 Å². The van der Waals surface area contributed by atoms with E-state index in [1.54, 1.807) is 0 Å². The van der Waals surface area contributed by atoms with Crippen LogP contribution < -0.4 is 10.8 Å². The molecule has 0 saturated carbocycles. The monoisotopic (exact) mass is 382 g/mol. The third kappa shape index (κ3) is 4.63. The molecule has 2 rings (SSSR count). The van der Waals surface area contributed by atoms with Crippen molar-refractivity contribution in [2.24, 2.45) is 0 Å². The number of aliphatic hydroxyl groups is 1. The third-order valence-electron chi connectivity index (χ3n) is 3.76. The first-order chi connectivity index (χ1) is 12.5. The second kappa shape index (κ2) is 7.77. The first-order valence-electron chi connectivity index (χ1n) is 7.76. The molecule has 144 valence electrons. The van der Waals surface area contributed by atoms with Gasteiger partial charge < -0.3 is 10.4 Å². The van der Waals surface area contributed by atoms with Gasteiger partial charge in [0, 0.05) is 0 Å². The van der Waals surface area contributed by atoms with Crippen molar-refractivity contribution < 1.29 is 33.1 Å². The topological polar surface area (TPSA) is 98.7 Å². The van der Waals surface area contributed by atoms with Crippen molar-refractivity contribution in [3.05, 3.63) is 59.4 Å². The zero-order valence-electron chi connectivity index (χ0n) is 14.4. The zero-order chi connectivity index (χ0) is 20.4. The zero-order valence-corrected chi connectivity index (χ0v) is 14.4. The van der Waals surface area contributed by atoms with Crippen LogP contribution in [-0.4, -0.2) is 27.7 Å². The Morgan fingerprint density at radius 3 is 1.96 bits per heavy atom. The Labute approximate surface area is 152 Å². The Morgan fingerprint density at radius 1 is 1.00 bits per heavy atom. The Bertz CT molecular complexity index is 841. The van der Waals surface area contributed by atoms with Crippen LogP contribution in [0.4, 0.5) is 13.2 Å². The molecule has 0 saturated heterocycles. The highest BCUT2D eigenvalue weighted by atomic mass is 19.2. The summed E-state index contributed by atoms with van der Waals surface area (Å²) in [5, 5.41) is 20.8. The normalized spacial score (nSPS) is 12.4. The molecule has 0 radical (unpaired) electrons. The van der Waals surface area contributed by atoms with E-state index in [1.165, 1.54) is 43.6 Å². The van der Waals surface area contributed by atoms with E-state index in [9.17, 15) is 27.9 Å². The van der Waals surface area contributed by atoms with Crippen LogP contribution >= 0.6 is 0 Å². The molecular formula is C18H17F3N2O4. The summed E-state index contributed by atoms with van der Waals surface area (Å²) in [5.41, 5.74) is 0.271. The number of carbonyl (C=O) groups excluding carboxylic acids is 2. The molecule has 0 aliphatic heterocycles. The SMILES string of the molecule is CC(C)(O)C(=O)N[C@@H](C(=O)NO)c1ccc(-c2cc(F)c(F)c(F)c2)cc1. The average Bonchev–Trinajstić information content (AvgIpc) is 2.62. The Kier molecular flexibility index (Phi) is 5.87. The van der Waals surface area contributed by atoms with Crippen LogP contribution in [0.3, 0.4) is 0 Å². The fourth-order valence-corrected chi connectivity index (χ4v) is 2.26. The van der Waals surface area contributed by atoms with E-state index in [0.717, 1.165) is 12.1 Å². The molecule has 0 heterocycles. The number of rotatable bonds is 5.